The number of aliphatic imine (C=N–C) groups is 1. The van der Waals surface area contributed by atoms with E-state index in [9.17, 15) is 9.50 Å². The molecule has 2 aliphatic rings. The van der Waals surface area contributed by atoms with Gasteiger partial charge in [0.15, 0.2) is 5.96 Å². The van der Waals surface area contributed by atoms with Crippen molar-refractivity contribution < 1.29 is 14.2 Å². The molecule has 2 saturated heterocycles. The quantitative estimate of drug-likeness (QED) is 0.620. The maximum Gasteiger partial charge on any atom is 0.194 e. The second-order valence-electron chi connectivity index (χ2n) is 7.09. The number of rotatable bonds is 4. The van der Waals surface area contributed by atoms with E-state index in [1.165, 1.54) is 12.1 Å². The molecule has 0 radical (unpaired) electrons. The maximum atomic E-state index is 13.2. The van der Waals surface area contributed by atoms with Gasteiger partial charge in [-0.15, -0.1) is 0 Å². The Kier molecular flexibility index (Phi) is 6.42. The molecule has 0 spiro atoms. The predicted molar refractivity (Wildman–Crippen MR) is 104 cm³/mol. The number of nitrogens with one attached hydrogen (secondary N) is 1. The van der Waals surface area contributed by atoms with E-state index in [1.807, 2.05) is 13.8 Å². The summed E-state index contributed by atoms with van der Waals surface area (Å²) in [6.45, 7) is 6.63. The van der Waals surface area contributed by atoms with Crippen LogP contribution in [0.3, 0.4) is 0 Å². The van der Waals surface area contributed by atoms with Crippen LogP contribution in [0, 0.1) is 5.82 Å². The summed E-state index contributed by atoms with van der Waals surface area (Å²) in [7, 11) is 0. The van der Waals surface area contributed by atoms with Crippen molar-refractivity contribution >= 4 is 17.7 Å². The lowest BCUT2D eigenvalue weighted by Gasteiger charge is -2.39. The number of aliphatic hydroxyl groups is 1. The molecule has 0 aliphatic carbocycles. The molecule has 0 aromatic heterocycles. The number of halogens is 1. The molecule has 3 unspecified atom stereocenters. The summed E-state index contributed by atoms with van der Waals surface area (Å²) >= 11 is 1.78. The highest BCUT2D eigenvalue weighted by atomic mass is 32.2. The SMILES string of the molecule is CCNC(=NCC1(O)CCSC1)N1CC(C)OC(c2ccc(F)cc2)C1. The number of guanidine groups is 1. The molecule has 2 N–H and O–H groups in total. The van der Waals surface area contributed by atoms with Crippen molar-refractivity contribution in [3.8, 4) is 0 Å². The number of benzene rings is 1. The van der Waals surface area contributed by atoms with Gasteiger partial charge in [-0.05, 0) is 43.7 Å². The van der Waals surface area contributed by atoms with Gasteiger partial charge in [-0.1, -0.05) is 12.1 Å². The topological polar surface area (TPSA) is 57.1 Å². The molecule has 7 heteroatoms. The van der Waals surface area contributed by atoms with E-state index in [-0.39, 0.29) is 18.0 Å². The molecular weight excluding hydrogens is 353 g/mol. The first kappa shape index (κ1) is 19.5. The predicted octanol–water partition coefficient (Wildman–Crippen LogP) is 2.42. The molecule has 144 valence electrons. The zero-order valence-electron chi connectivity index (χ0n) is 15.4. The van der Waals surface area contributed by atoms with Gasteiger partial charge in [-0.2, -0.15) is 11.8 Å². The fourth-order valence-corrected chi connectivity index (χ4v) is 4.64. The smallest absolute Gasteiger partial charge is 0.194 e. The first-order chi connectivity index (χ1) is 12.5. The van der Waals surface area contributed by atoms with E-state index >= 15 is 0 Å². The Hall–Kier alpha value is -1.31. The zero-order chi connectivity index (χ0) is 18.6. The summed E-state index contributed by atoms with van der Waals surface area (Å²) in [6, 6.07) is 6.49. The minimum Gasteiger partial charge on any atom is -0.387 e. The lowest BCUT2D eigenvalue weighted by Crippen LogP contribution is -2.51. The van der Waals surface area contributed by atoms with E-state index in [0.717, 1.165) is 42.5 Å². The Bertz CT molecular complexity index is 620. The van der Waals surface area contributed by atoms with Gasteiger partial charge in [-0.25, -0.2) is 4.39 Å². The highest BCUT2D eigenvalue weighted by Gasteiger charge is 2.33. The van der Waals surface area contributed by atoms with Gasteiger partial charge in [0.1, 0.15) is 11.9 Å². The minimum atomic E-state index is -0.695. The normalized spacial score (nSPS) is 29.8. The van der Waals surface area contributed by atoms with E-state index in [4.69, 9.17) is 9.73 Å². The summed E-state index contributed by atoms with van der Waals surface area (Å²) in [6.07, 6.45) is 0.694. The first-order valence-corrected chi connectivity index (χ1v) is 10.4. The van der Waals surface area contributed by atoms with Crippen LogP contribution in [0.1, 0.15) is 31.9 Å². The molecule has 5 nitrogen and oxygen atoms in total. The summed E-state index contributed by atoms with van der Waals surface area (Å²) in [5.74, 6) is 2.30. The number of ether oxygens (including phenoxy) is 1. The third kappa shape index (κ3) is 4.90. The van der Waals surface area contributed by atoms with Gasteiger partial charge in [0, 0.05) is 18.8 Å². The average Bonchev–Trinajstić information content (AvgIpc) is 3.05. The third-order valence-electron chi connectivity index (χ3n) is 4.74. The van der Waals surface area contributed by atoms with Crippen LogP contribution in [0.4, 0.5) is 4.39 Å². The highest BCUT2D eigenvalue weighted by Crippen LogP contribution is 2.29. The Labute approximate surface area is 159 Å². The highest BCUT2D eigenvalue weighted by molar-refractivity contribution is 7.99. The van der Waals surface area contributed by atoms with E-state index in [1.54, 1.807) is 23.9 Å². The van der Waals surface area contributed by atoms with Crippen LogP contribution in [0.5, 0.6) is 0 Å². The third-order valence-corrected chi connectivity index (χ3v) is 5.98. The first-order valence-electron chi connectivity index (χ1n) is 9.23. The van der Waals surface area contributed by atoms with Gasteiger partial charge in [0.05, 0.1) is 24.8 Å². The van der Waals surface area contributed by atoms with Crippen molar-refractivity contribution in [1.82, 2.24) is 10.2 Å². The molecule has 0 amide bonds. The van der Waals surface area contributed by atoms with Crippen molar-refractivity contribution in [3.63, 3.8) is 0 Å². The second-order valence-corrected chi connectivity index (χ2v) is 8.19. The Morgan fingerprint density at radius 3 is 2.85 bits per heavy atom. The van der Waals surface area contributed by atoms with Crippen LogP contribution in [-0.2, 0) is 4.74 Å². The molecule has 2 heterocycles. The fraction of sp³-hybridized carbons (Fsp3) is 0.632. The minimum absolute atomic E-state index is 0.0350. The monoisotopic (exact) mass is 381 g/mol. The molecule has 26 heavy (non-hydrogen) atoms. The van der Waals surface area contributed by atoms with Crippen molar-refractivity contribution in [3.05, 3.63) is 35.6 Å². The summed E-state index contributed by atoms with van der Waals surface area (Å²) in [4.78, 5) is 6.90. The van der Waals surface area contributed by atoms with Gasteiger partial charge >= 0.3 is 0 Å². The molecule has 3 atom stereocenters. The van der Waals surface area contributed by atoms with Crippen molar-refractivity contribution in [2.45, 2.75) is 38.1 Å². The zero-order valence-corrected chi connectivity index (χ0v) is 16.3. The van der Waals surface area contributed by atoms with Crippen molar-refractivity contribution in [2.24, 2.45) is 4.99 Å². The molecule has 0 bridgehead atoms. The second kappa shape index (κ2) is 8.59. The average molecular weight is 382 g/mol. The molecule has 1 aromatic rings. The Morgan fingerprint density at radius 1 is 1.42 bits per heavy atom. The molecule has 3 rings (SSSR count). The van der Waals surface area contributed by atoms with Crippen molar-refractivity contribution in [1.29, 1.82) is 0 Å². The number of hydrogen-bond donors (Lipinski definition) is 2. The van der Waals surface area contributed by atoms with Gasteiger partial charge in [0.2, 0.25) is 0 Å². The van der Waals surface area contributed by atoms with E-state index in [0.29, 0.717) is 13.1 Å². The maximum absolute atomic E-state index is 13.2. The Balaban J connectivity index is 1.73. The van der Waals surface area contributed by atoms with Crippen LogP contribution in [0.25, 0.3) is 0 Å². The van der Waals surface area contributed by atoms with E-state index < -0.39 is 5.60 Å². The number of thioether (sulfide) groups is 1. The summed E-state index contributed by atoms with van der Waals surface area (Å²) < 4.78 is 19.3. The lowest BCUT2D eigenvalue weighted by atomic mass is 10.0. The number of morpholine rings is 1. The summed E-state index contributed by atoms with van der Waals surface area (Å²) in [5.41, 5.74) is 0.268. The van der Waals surface area contributed by atoms with Crippen LogP contribution < -0.4 is 5.32 Å². The fourth-order valence-electron chi connectivity index (χ4n) is 3.35. The van der Waals surface area contributed by atoms with Crippen LogP contribution >= 0.6 is 11.8 Å². The summed E-state index contributed by atoms with van der Waals surface area (Å²) in [5, 5.41) is 13.9. The largest absolute Gasteiger partial charge is 0.387 e. The van der Waals surface area contributed by atoms with Gasteiger partial charge in [-0.3, -0.25) is 4.99 Å². The van der Waals surface area contributed by atoms with Gasteiger partial charge in [0.25, 0.3) is 0 Å². The van der Waals surface area contributed by atoms with Crippen LogP contribution in [0.15, 0.2) is 29.3 Å². The molecule has 1 aromatic carbocycles. The Morgan fingerprint density at radius 2 is 2.19 bits per heavy atom. The van der Waals surface area contributed by atoms with E-state index in [2.05, 4.69) is 10.2 Å². The molecule has 0 saturated carbocycles. The van der Waals surface area contributed by atoms with Crippen LogP contribution in [-0.4, -0.2) is 65.4 Å². The van der Waals surface area contributed by atoms with Crippen molar-refractivity contribution in [2.75, 3.05) is 37.7 Å². The molecule has 2 aliphatic heterocycles. The standard InChI is InChI=1S/C19H28FN3O2S/c1-3-21-18(22-12-19(24)8-9-26-13-19)23-10-14(2)25-17(11-23)15-4-6-16(20)7-5-15/h4-7,14,17,24H,3,8-13H2,1-2H3,(H,21,22). The molecule has 2 fully saturated rings. The lowest BCUT2D eigenvalue weighted by molar-refractivity contribution is -0.0606. The molecular formula is C19H28FN3O2S. The number of hydrogen-bond acceptors (Lipinski definition) is 4. The van der Waals surface area contributed by atoms with Crippen LogP contribution in [0.2, 0.25) is 0 Å². The number of nitrogens with zero attached hydrogens (tertiary/aromatic N) is 2. The van der Waals surface area contributed by atoms with Gasteiger partial charge < -0.3 is 20.1 Å².